The summed E-state index contributed by atoms with van der Waals surface area (Å²) in [6, 6.07) is 7.75. The molecule has 0 aliphatic heterocycles. The van der Waals surface area contributed by atoms with Crippen molar-refractivity contribution in [3.8, 4) is 12.1 Å². The predicted octanol–water partition coefficient (Wildman–Crippen LogP) is 2.79. The molecule has 0 aromatic carbocycles. The monoisotopic (exact) mass is 350 g/mol. The number of anilines is 1. The maximum absolute atomic E-state index is 11.5. The number of nitrogens with zero attached hydrogens (tertiary/aromatic N) is 5. The highest BCUT2D eigenvalue weighted by atomic mass is 32.2. The molecule has 0 amide bonds. The average molecular weight is 350 g/mol. The van der Waals surface area contributed by atoms with Crippen LogP contribution in [0.25, 0.3) is 0 Å². The topological polar surface area (TPSA) is 93.7 Å². The Kier molecular flexibility index (Phi) is 6.10. The van der Waals surface area contributed by atoms with Crippen LogP contribution in [0.5, 0.6) is 0 Å². The number of carbonyl (C=O) groups excluding carboxylic acids is 1. The fraction of sp³-hybridized carbons (Fsp3) is 0.278. The summed E-state index contributed by atoms with van der Waals surface area (Å²) in [5, 5.41) is 18.9. The molecular weight excluding hydrogens is 334 g/mol. The zero-order chi connectivity index (χ0) is 18.4. The van der Waals surface area contributed by atoms with Crippen LogP contribution in [0.3, 0.4) is 0 Å². The van der Waals surface area contributed by atoms with Crippen molar-refractivity contribution in [1.82, 2.24) is 9.97 Å². The molecular formula is C18H16N5OS. The first kappa shape index (κ1) is 18.4. The second-order valence-corrected chi connectivity index (χ2v) is 6.43. The summed E-state index contributed by atoms with van der Waals surface area (Å²) < 4.78 is 0. The Morgan fingerprint density at radius 3 is 2.32 bits per heavy atom. The third-order valence-corrected chi connectivity index (χ3v) is 4.72. The van der Waals surface area contributed by atoms with Crippen LogP contribution in [0.1, 0.15) is 34.4 Å². The molecule has 2 aromatic rings. The average Bonchev–Trinajstić information content (AvgIpc) is 2.65. The normalized spacial score (nSPS) is 11.2. The van der Waals surface area contributed by atoms with Crippen molar-refractivity contribution in [3.05, 3.63) is 46.8 Å². The van der Waals surface area contributed by atoms with E-state index in [4.69, 9.17) is 0 Å². The second-order valence-electron chi connectivity index (χ2n) is 5.34. The Bertz CT molecular complexity index is 852. The Morgan fingerprint density at radius 1 is 1.20 bits per heavy atom. The number of nitriles is 2. The molecule has 6 nitrogen and oxygen atoms in total. The second kappa shape index (κ2) is 8.27. The molecule has 1 atom stereocenters. The van der Waals surface area contributed by atoms with E-state index in [1.54, 1.807) is 43.5 Å². The SMILES string of the molecule is CCc1c(C#N)c(SC([C]=O)c2ccncc2)nc(N(C)C)c1C#N. The van der Waals surface area contributed by atoms with Crippen molar-refractivity contribution in [2.45, 2.75) is 23.6 Å². The Labute approximate surface area is 151 Å². The van der Waals surface area contributed by atoms with Gasteiger partial charge < -0.3 is 4.90 Å². The van der Waals surface area contributed by atoms with Gasteiger partial charge in [0.2, 0.25) is 6.29 Å². The van der Waals surface area contributed by atoms with Gasteiger partial charge in [-0.2, -0.15) is 10.5 Å². The molecule has 1 radical (unpaired) electrons. The number of hydrogen-bond acceptors (Lipinski definition) is 7. The van der Waals surface area contributed by atoms with Gasteiger partial charge in [-0.25, -0.2) is 4.98 Å². The maximum Gasteiger partial charge on any atom is 0.217 e. The molecule has 7 heteroatoms. The van der Waals surface area contributed by atoms with Crippen LogP contribution in [-0.4, -0.2) is 30.3 Å². The Morgan fingerprint density at radius 2 is 1.84 bits per heavy atom. The zero-order valence-electron chi connectivity index (χ0n) is 14.1. The lowest BCUT2D eigenvalue weighted by Crippen LogP contribution is -2.16. The van der Waals surface area contributed by atoms with Crippen LogP contribution < -0.4 is 4.90 Å². The summed E-state index contributed by atoms with van der Waals surface area (Å²) >= 11 is 1.15. The summed E-state index contributed by atoms with van der Waals surface area (Å²) in [6.07, 6.45) is 5.71. The molecule has 0 spiro atoms. The van der Waals surface area contributed by atoms with Gasteiger partial charge in [0, 0.05) is 26.5 Å². The molecule has 0 saturated heterocycles. The largest absolute Gasteiger partial charge is 0.362 e. The van der Waals surface area contributed by atoms with E-state index in [2.05, 4.69) is 22.1 Å². The minimum atomic E-state index is -0.629. The number of pyridine rings is 2. The van der Waals surface area contributed by atoms with Gasteiger partial charge in [0.15, 0.2) is 0 Å². The molecule has 0 aliphatic rings. The standard InChI is InChI=1S/C18H16N5OS/c1-4-13-14(9-19)17(23(2)3)22-18(15(13)10-20)25-16(11-24)12-5-7-21-8-6-12/h5-8,16H,4H2,1-3H3. The first-order chi connectivity index (χ1) is 12.1. The predicted molar refractivity (Wildman–Crippen MR) is 95.9 cm³/mol. The van der Waals surface area contributed by atoms with E-state index in [9.17, 15) is 15.3 Å². The van der Waals surface area contributed by atoms with E-state index in [0.29, 0.717) is 34.0 Å². The van der Waals surface area contributed by atoms with Gasteiger partial charge in [0.1, 0.15) is 28.2 Å². The fourth-order valence-electron chi connectivity index (χ4n) is 2.40. The van der Waals surface area contributed by atoms with E-state index < -0.39 is 5.25 Å². The van der Waals surface area contributed by atoms with Gasteiger partial charge >= 0.3 is 0 Å². The fourth-order valence-corrected chi connectivity index (χ4v) is 3.39. The van der Waals surface area contributed by atoms with Gasteiger partial charge in [-0.1, -0.05) is 18.7 Å². The molecule has 0 aliphatic carbocycles. The number of rotatable bonds is 6. The van der Waals surface area contributed by atoms with Gasteiger partial charge in [0.25, 0.3) is 0 Å². The molecule has 125 valence electrons. The Balaban J connectivity index is 2.61. The third-order valence-electron chi connectivity index (χ3n) is 3.59. The van der Waals surface area contributed by atoms with Crippen molar-refractivity contribution in [2.24, 2.45) is 0 Å². The molecule has 2 heterocycles. The van der Waals surface area contributed by atoms with E-state index >= 15 is 0 Å². The van der Waals surface area contributed by atoms with Crippen LogP contribution in [0.4, 0.5) is 5.82 Å². The maximum atomic E-state index is 11.5. The van der Waals surface area contributed by atoms with E-state index in [1.165, 1.54) is 0 Å². The lowest BCUT2D eigenvalue weighted by atomic mass is 10.0. The molecule has 0 saturated carbocycles. The minimum absolute atomic E-state index is 0.337. The molecule has 25 heavy (non-hydrogen) atoms. The third kappa shape index (κ3) is 3.78. The number of hydrogen-bond donors (Lipinski definition) is 0. The lowest BCUT2D eigenvalue weighted by Gasteiger charge is -2.19. The van der Waals surface area contributed by atoms with Crippen molar-refractivity contribution >= 4 is 23.9 Å². The van der Waals surface area contributed by atoms with Crippen LogP contribution in [0.15, 0.2) is 29.6 Å². The van der Waals surface area contributed by atoms with E-state index in [-0.39, 0.29) is 0 Å². The molecule has 0 bridgehead atoms. The van der Waals surface area contributed by atoms with Gasteiger partial charge in [-0.15, -0.1) is 0 Å². The van der Waals surface area contributed by atoms with Crippen molar-refractivity contribution in [2.75, 3.05) is 19.0 Å². The molecule has 0 N–H and O–H groups in total. The van der Waals surface area contributed by atoms with Crippen LogP contribution in [0.2, 0.25) is 0 Å². The van der Waals surface area contributed by atoms with Crippen molar-refractivity contribution < 1.29 is 4.79 Å². The number of thioether (sulfide) groups is 1. The Hall–Kier alpha value is -2.90. The quantitative estimate of drug-likeness (QED) is 0.739. The molecule has 1 unspecified atom stereocenters. The highest BCUT2D eigenvalue weighted by Gasteiger charge is 2.23. The number of aromatic nitrogens is 2. The highest BCUT2D eigenvalue weighted by Crippen LogP contribution is 2.38. The van der Waals surface area contributed by atoms with Crippen molar-refractivity contribution in [3.63, 3.8) is 0 Å². The lowest BCUT2D eigenvalue weighted by molar-refractivity contribution is 0.554. The summed E-state index contributed by atoms with van der Waals surface area (Å²) in [6.45, 7) is 1.89. The van der Waals surface area contributed by atoms with Gasteiger partial charge in [-0.05, 0) is 29.7 Å². The van der Waals surface area contributed by atoms with Crippen LogP contribution in [-0.2, 0) is 11.2 Å². The van der Waals surface area contributed by atoms with Gasteiger partial charge in [-0.3, -0.25) is 9.78 Å². The smallest absolute Gasteiger partial charge is 0.217 e. The summed E-state index contributed by atoms with van der Waals surface area (Å²) in [5.74, 6) is 0.486. The van der Waals surface area contributed by atoms with Crippen molar-refractivity contribution in [1.29, 1.82) is 10.5 Å². The molecule has 0 fully saturated rings. The summed E-state index contributed by atoms with van der Waals surface area (Å²) in [5.41, 5.74) is 2.10. The van der Waals surface area contributed by atoms with Crippen LogP contribution >= 0.6 is 11.8 Å². The highest BCUT2D eigenvalue weighted by molar-refractivity contribution is 8.00. The summed E-state index contributed by atoms with van der Waals surface area (Å²) in [7, 11) is 3.57. The first-order valence-corrected chi connectivity index (χ1v) is 8.43. The van der Waals surface area contributed by atoms with Crippen LogP contribution in [0, 0.1) is 22.7 Å². The first-order valence-electron chi connectivity index (χ1n) is 7.55. The van der Waals surface area contributed by atoms with Gasteiger partial charge in [0.05, 0.1) is 11.1 Å². The minimum Gasteiger partial charge on any atom is -0.362 e. The molecule has 2 rings (SSSR count). The zero-order valence-corrected chi connectivity index (χ0v) is 15.0. The summed E-state index contributed by atoms with van der Waals surface area (Å²) in [4.78, 5) is 21.6. The van der Waals surface area contributed by atoms with E-state index in [0.717, 1.165) is 17.3 Å². The molecule has 2 aromatic heterocycles. The van der Waals surface area contributed by atoms with E-state index in [1.807, 2.05) is 13.2 Å².